The third-order valence-corrected chi connectivity index (χ3v) is 4.27. The first-order chi connectivity index (χ1) is 8.92. The molecule has 98 valence electrons. The summed E-state index contributed by atoms with van der Waals surface area (Å²) >= 11 is 0. The summed E-state index contributed by atoms with van der Waals surface area (Å²) < 4.78 is 5.48. The minimum absolute atomic E-state index is 0.699. The highest BCUT2D eigenvalue weighted by Crippen LogP contribution is 2.25. The smallest absolute Gasteiger partial charge is 0.0622 e. The zero-order valence-corrected chi connectivity index (χ0v) is 10.9. The lowest BCUT2D eigenvalue weighted by Crippen LogP contribution is -2.33. The third kappa shape index (κ3) is 2.90. The lowest BCUT2D eigenvalue weighted by molar-refractivity contribution is 0.156. The fraction of sp³-hybridized carbons (Fsp3) is 0.667. The van der Waals surface area contributed by atoms with Crippen molar-refractivity contribution in [1.29, 1.82) is 0 Å². The molecule has 2 saturated heterocycles. The number of pyridine rings is 1. The van der Waals surface area contributed by atoms with Crippen molar-refractivity contribution in [1.82, 2.24) is 9.88 Å². The summed E-state index contributed by atoms with van der Waals surface area (Å²) in [6.45, 7) is 4.44. The molecule has 3 nitrogen and oxygen atoms in total. The predicted molar refractivity (Wildman–Crippen MR) is 71.5 cm³/mol. The molecular formula is C15H22N2O. The van der Waals surface area contributed by atoms with E-state index in [0.29, 0.717) is 6.04 Å². The molecule has 1 aromatic rings. The molecule has 0 spiro atoms. The van der Waals surface area contributed by atoms with E-state index in [9.17, 15) is 0 Å². The number of aryl methyl sites for hydroxylation is 1. The van der Waals surface area contributed by atoms with Crippen LogP contribution in [0.3, 0.4) is 0 Å². The minimum Gasteiger partial charge on any atom is -0.380 e. The van der Waals surface area contributed by atoms with Gasteiger partial charge in [-0.2, -0.15) is 0 Å². The van der Waals surface area contributed by atoms with E-state index in [2.05, 4.69) is 22.0 Å². The van der Waals surface area contributed by atoms with Crippen molar-refractivity contribution < 1.29 is 4.74 Å². The SMILES string of the molecule is c1ccc(CCC2CCN(C3CCOC3)C2)nc1. The zero-order chi connectivity index (χ0) is 12.2. The van der Waals surface area contributed by atoms with Crippen LogP contribution in [0.2, 0.25) is 0 Å². The van der Waals surface area contributed by atoms with Gasteiger partial charge in [0.15, 0.2) is 0 Å². The van der Waals surface area contributed by atoms with Crippen LogP contribution in [0.5, 0.6) is 0 Å². The Labute approximate surface area is 109 Å². The van der Waals surface area contributed by atoms with E-state index in [4.69, 9.17) is 4.74 Å². The van der Waals surface area contributed by atoms with E-state index in [1.54, 1.807) is 0 Å². The monoisotopic (exact) mass is 246 g/mol. The van der Waals surface area contributed by atoms with E-state index in [1.807, 2.05) is 12.3 Å². The van der Waals surface area contributed by atoms with Crippen LogP contribution < -0.4 is 0 Å². The molecule has 0 bridgehead atoms. The van der Waals surface area contributed by atoms with Gasteiger partial charge in [-0.3, -0.25) is 9.88 Å². The Hall–Kier alpha value is -0.930. The van der Waals surface area contributed by atoms with Gasteiger partial charge in [0.25, 0.3) is 0 Å². The van der Waals surface area contributed by atoms with Crippen molar-refractivity contribution >= 4 is 0 Å². The maximum Gasteiger partial charge on any atom is 0.0622 e. The molecule has 2 unspecified atom stereocenters. The fourth-order valence-electron chi connectivity index (χ4n) is 3.14. The van der Waals surface area contributed by atoms with E-state index in [-0.39, 0.29) is 0 Å². The third-order valence-electron chi connectivity index (χ3n) is 4.27. The summed E-state index contributed by atoms with van der Waals surface area (Å²) in [7, 11) is 0. The van der Waals surface area contributed by atoms with Crippen LogP contribution in [0.25, 0.3) is 0 Å². The first-order valence-corrected chi connectivity index (χ1v) is 7.13. The first-order valence-electron chi connectivity index (χ1n) is 7.13. The van der Waals surface area contributed by atoms with Crippen molar-refractivity contribution in [2.24, 2.45) is 5.92 Å². The highest BCUT2D eigenvalue weighted by atomic mass is 16.5. The van der Waals surface area contributed by atoms with Crippen LogP contribution in [-0.2, 0) is 11.2 Å². The summed E-state index contributed by atoms with van der Waals surface area (Å²) in [5.41, 5.74) is 1.24. The highest BCUT2D eigenvalue weighted by Gasteiger charge is 2.30. The molecule has 0 aliphatic carbocycles. The number of aromatic nitrogens is 1. The zero-order valence-electron chi connectivity index (χ0n) is 10.9. The summed E-state index contributed by atoms with van der Waals surface area (Å²) in [5, 5.41) is 0. The average Bonchev–Trinajstić information content (AvgIpc) is 3.08. The molecule has 1 aromatic heterocycles. The van der Waals surface area contributed by atoms with Gasteiger partial charge in [-0.15, -0.1) is 0 Å². The fourth-order valence-corrected chi connectivity index (χ4v) is 3.14. The predicted octanol–water partition coefficient (Wildman–Crippen LogP) is 2.12. The number of rotatable bonds is 4. The van der Waals surface area contributed by atoms with Gasteiger partial charge in [0.05, 0.1) is 6.61 Å². The average molecular weight is 246 g/mol. The summed E-state index contributed by atoms with van der Waals surface area (Å²) in [4.78, 5) is 7.04. The van der Waals surface area contributed by atoms with Crippen molar-refractivity contribution in [3.8, 4) is 0 Å². The molecule has 2 fully saturated rings. The number of ether oxygens (including phenoxy) is 1. The molecule has 2 aliphatic rings. The van der Waals surface area contributed by atoms with Gasteiger partial charge in [-0.05, 0) is 50.3 Å². The molecule has 0 radical (unpaired) electrons. The molecular weight excluding hydrogens is 224 g/mol. The first kappa shape index (κ1) is 12.1. The summed E-state index contributed by atoms with van der Waals surface area (Å²) in [6, 6.07) is 6.90. The molecule has 3 heterocycles. The molecule has 0 N–H and O–H groups in total. The molecule has 2 atom stereocenters. The molecule has 0 saturated carbocycles. The van der Waals surface area contributed by atoms with Gasteiger partial charge in [-0.25, -0.2) is 0 Å². The lowest BCUT2D eigenvalue weighted by Gasteiger charge is -2.22. The normalized spacial score (nSPS) is 28.9. The van der Waals surface area contributed by atoms with Crippen molar-refractivity contribution in [2.75, 3.05) is 26.3 Å². The number of nitrogens with zero attached hydrogens (tertiary/aromatic N) is 2. The summed E-state index contributed by atoms with van der Waals surface area (Å²) in [6.07, 6.45) is 6.88. The van der Waals surface area contributed by atoms with Crippen molar-refractivity contribution in [3.05, 3.63) is 30.1 Å². The van der Waals surface area contributed by atoms with E-state index < -0.39 is 0 Å². The maximum atomic E-state index is 5.48. The Morgan fingerprint density at radius 2 is 2.33 bits per heavy atom. The Bertz CT molecular complexity index is 362. The van der Waals surface area contributed by atoms with Gasteiger partial charge in [0.1, 0.15) is 0 Å². The van der Waals surface area contributed by atoms with Gasteiger partial charge >= 0.3 is 0 Å². The molecule has 18 heavy (non-hydrogen) atoms. The van der Waals surface area contributed by atoms with Crippen LogP contribution in [0.1, 0.15) is 25.0 Å². The molecule has 3 heteroatoms. The lowest BCUT2D eigenvalue weighted by atomic mass is 10.0. The van der Waals surface area contributed by atoms with E-state index in [0.717, 1.165) is 25.6 Å². The van der Waals surface area contributed by atoms with Gasteiger partial charge in [-0.1, -0.05) is 6.07 Å². The Morgan fingerprint density at radius 3 is 3.11 bits per heavy atom. The number of likely N-dealkylation sites (tertiary alicyclic amines) is 1. The molecule has 3 rings (SSSR count). The van der Waals surface area contributed by atoms with Crippen molar-refractivity contribution in [2.45, 2.75) is 31.7 Å². The van der Waals surface area contributed by atoms with Crippen LogP contribution in [0, 0.1) is 5.92 Å². The highest BCUT2D eigenvalue weighted by molar-refractivity contribution is 5.03. The van der Waals surface area contributed by atoms with Gasteiger partial charge < -0.3 is 4.74 Å². The van der Waals surface area contributed by atoms with E-state index in [1.165, 1.54) is 38.0 Å². The van der Waals surface area contributed by atoms with Crippen molar-refractivity contribution in [3.63, 3.8) is 0 Å². The standard InChI is InChI=1S/C15H22N2O/c1-2-8-16-14(3-1)5-4-13-6-9-17(11-13)15-7-10-18-12-15/h1-3,8,13,15H,4-7,9-12H2. The largest absolute Gasteiger partial charge is 0.380 e. The Morgan fingerprint density at radius 1 is 1.33 bits per heavy atom. The van der Waals surface area contributed by atoms with Crippen LogP contribution >= 0.6 is 0 Å². The molecule has 2 aliphatic heterocycles. The summed E-state index contributed by atoms with van der Waals surface area (Å²) in [5.74, 6) is 0.854. The maximum absolute atomic E-state index is 5.48. The second-order valence-corrected chi connectivity index (χ2v) is 5.53. The minimum atomic E-state index is 0.699. The van der Waals surface area contributed by atoms with Gasteiger partial charge in [0, 0.05) is 31.1 Å². The van der Waals surface area contributed by atoms with E-state index >= 15 is 0 Å². The van der Waals surface area contributed by atoms with Crippen LogP contribution in [0.4, 0.5) is 0 Å². The quantitative estimate of drug-likeness (QED) is 0.813. The second kappa shape index (κ2) is 5.81. The molecule has 0 aromatic carbocycles. The Balaban J connectivity index is 1.45. The van der Waals surface area contributed by atoms with Gasteiger partial charge in [0.2, 0.25) is 0 Å². The topological polar surface area (TPSA) is 25.4 Å². The number of hydrogen-bond acceptors (Lipinski definition) is 3. The second-order valence-electron chi connectivity index (χ2n) is 5.53. The van der Waals surface area contributed by atoms with Crippen LogP contribution in [-0.4, -0.2) is 42.2 Å². The Kier molecular flexibility index (Phi) is 3.91. The number of hydrogen-bond donors (Lipinski definition) is 0. The molecule has 0 amide bonds. The van der Waals surface area contributed by atoms with Crippen LogP contribution in [0.15, 0.2) is 24.4 Å².